The van der Waals surface area contributed by atoms with Crippen molar-refractivity contribution in [2.24, 2.45) is 0 Å². The predicted molar refractivity (Wildman–Crippen MR) is 129 cm³/mol. The van der Waals surface area contributed by atoms with Crippen molar-refractivity contribution in [2.45, 2.75) is 65.6 Å². The summed E-state index contributed by atoms with van der Waals surface area (Å²) in [5.41, 5.74) is 2.13. The fourth-order valence-corrected chi connectivity index (χ4v) is 4.02. The van der Waals surface area contributed by atoms with E-state index in [9.17, 15) is 14.0 Å². The lowest BCUT2D eigenvalue weighted by atomic mass is 10.1. The van der Waals surface area contributed by atoms with Crippen LogP contribution in [0.2, 0.25) is 0 Å². The molecule has 7 heteroatoms. The topological polar surface area (TPSA) is 67.2 Å². The molecule has 0 aliphatic heterocycles. The Morgan fingerprint density at radius 2 is 1.67 bits per heavy atom. The predicted octanol–water partition coefficient (Wildman–Crippen LogP) is 4.57. The highest BCUT2D eigenvalue weighted by Crippen LogP contribution is 2.19. The minimum atomic E-state index is -0.381. The molecule has 0 aliphatic carbocycles. The number of amides is 2. The van der Waals surface area contributed by atoms with E-state index in [-0.39, 0.29) is 36.3 Å². The summed E-state index contributed by atoms with van der Waals surface area (Å²) in [7, 11) is 0. The third-order valence-corrected chi connectivity index (χ3v) is 6.19. The molecule has 0 radical (unpaired) electrons. The molecule has 1 aromatic heterocycles. The second-order valence-electron chi connectivity index (χ2n) is 8.43. The van der Waals surface area contributed by atoms with Gasteiger partial charge in [-0.05, 0) is 63.1 Å². The number of para-hydroxylation sites is 2. The molecule has 176 valence electrons. The molecule has 0 fully saturated rings. The SMILES string of the molecule is CCC(C)N(C(=O)Cn1c(CCNC(=O)c2ccc(F)cc2)nc2ccccc21)C(C)CC. The maximum atomic E-state index is 13.4. The minimum absolute atomic E-state index is 0.0680. The Bertz CT molecular complexity index is 1080. The van der Waals surface area contributed by atoms with E-state index in [4.69, 9.17) is 4.98 Å². The van der Waals surface area contributed by atoms with E-state index >= 15 is 0 Å². The maximum Gasteiger partial charge on any atom is 0.251 e. The molecule has 0 spiro atoms. The standard InChI is InChI=1S/C26H33FN4O2/c1-5-18(3)31(19(4)6-2)25(32)17-30-23-10-8-7-9-22(23)29-24(30)15-16-28-26(33)20-11-13-21(27)14-12-20/h7-14,18-19H,5-6,15-17H2,1-4H3,(H,28,33). The van der Waals surface area contributed by atoms with E-state index in [1.165, 1.54) is 24.3 Å². The first-order valence-electron chi connectivity index (χ1n) is 11.6. The molecule has 1 heterocycles. The van der Waals surface area contributed by atoms with Crippen LogP contribution in [0.25, 0.3) is 11.0 Å². The highest BCUT2D eigenvalue weighted by Gasteiger charge is 2.25. The second kappa shape index (κ2) is 11.1. The summed E-state index contributed by atoms with van der Waals surface area (Å²) in [6, 6.07) is 13.5. The van der Waals surface area contributed by atoms with Crippen molar-refractivity contribution in [3.05, 3.63) is 65.7 Å². The first-order chi connectivity index (χ1) is 15.8. The number of aromatic nitrogens is 2. The molecule has 2 atom stereocenters. The number of carbonyl (C=O) groups excluding carboxylic acids is 2. The molecule has 0 saturated carbocycles. The van der Waals surface area contributed by atoms with E-state index in [1.54, 1.807) is 0 Å². The second-order valence-corrected chi connectivity index (χ2v) is 8.43. The number of imidazole rings is 1. The molecular formula is C26H33FN4O2. The van der Waals surface area contributed by atoms with Gasteiger partial charge in [0.05, 0.1) is 11.0 Å². The summed E-state index contributed by atoms with van der Waals surface area (Å²) in [6.45, 7) is 8.92. The van der Waals surface area contributed by atoms with Crippen molar-refractivity contribution >= 4 is 22.8 Å². The quantitative estimate of drug-likeness (QED) is 0.490. The first kappa shape index (κ1) is 24.4. The zero-order valence-electron chi connectivity index (χ0n) is 19.8. The van der Waals surface area contributed by atoms with Gasteiger partial charge in [0.1, 0.15) is 18.2 Å². The van der Waals surface area contributed by atoms with Gasteiger partial charge in [0.15, 0.2) is 0 Å². The van der Waals surface area contributed by atoms with Gasteiger partial charge in [0.25, 0.3) is 5.91 Å². The van der Waals surface area contributed by atoms with Gasteiger partial charge < -0.3 is 14.8 Å². The van der Waals surface area contributed by atoms with Crippen LogP contribution >= 0.6 is 0 Å². The molecule has 3 aromatic rings. The van der Waals surface area contributed by atoms with E-state index in [0.717, 1.165) is 29.7 Å². The highest BCUT2D eigenvalue weighted by atomic mass is 19.1. The van der Waals surface area contributed by atoms with Gasteiger partial charge in [0.2, 0.25) is 5.91 Å². The number of nitrogens with zero attached hydrogens (tertiary/aromatic N) is 3. The maximum absolute atomic E-state index is 13.4. The van der Waals surface area contributed by atoms with Crippen LogP contribution in [0.15, 0.2) is 48.5 Å². The third kappa shape index (κ3) is 5.78. The van der Waals surface area contributed by atoms with Gasteiger partial charge in [-0.25, -0.2) is 9.37 Å². The summed E-state index contributed by atoms with van der Waals surface area (Å²) >= 11 is 0. The number of hydrogen-bond acceptors (Lipinski definition) is 3. The van der Waals surface area contributed by atoms with Gasteiger partial charge in [-0.15, -0.1) is 0 Å². The monoisotopic (exact) mass is 452 g/mol. The van der Waals surface area contributed by atoms with E-state index < -0.39 is 0 Å². The molecule has 0 aliphatic rings. The Morgan fingerprint density at radius 1 is 1.03 bits per heavy atom. The molecule has 3 rings (SSSR count). The summed E-state index contributed by atoms with van der Waals surface area (Å²) in [5.74, 6) is 0.165. The van der Waals surface area contributed by atoms with E-state index in [1.807, 2.05) is 33.7 Å². The van der Waals surface area contributed by atoms with Gasteiger partial charge in [0, 0.05) is 30.6 Å². The smallest absolute Gasteiger partial charge is 0.251 e. The molecular weight excluding hydrogens is 419 g/mol. The summed E-state index contributed by atoms with van der Waals surface area (Å²) < 4.78 is 15.1. The van der Waals surface area contributed by atoms with Crippen LogP contribution in [0.4, 0.5) is 4.39 Å². The normalized spacial score (nSPS) is 13.0. The number of fused-ring (bicyclic) bond motifs is 1. The fraction of sp³-hybridized carbons (Fsp3) is 0.423. The van der Waals surface area contributed by atoms with Crippen LogP contribution in [0, 0.1) is 5.82 Å². The number of halogens is 1. The van der Waals surface area contributed by atoms with Crippen LogP contribution < -0.4 is 5.32 Å². The fourth-order valence-electron chi connectivity index (χ4n) is 4.02. The lowest BCUT2D eigenvalue weighted by molar-refractivity contribution is -0.136. The number of benzene rings is 2. The number of carbonyl (C=O) groups is 2. The lowest BCUT2D eigenvalue weighted by Crippen LogP contribution is -2.46. The highest BCUT2D eigenvalue weighted by molar-refractivity contribution is 5.94. The van der Waals surface area contributed by atoms with Crippen LogP contribution in [-0.4, -0.2) is 44.9 Å². The van der Waals surface area contributed by atoms with Crippen LogP contribution in [0.5, 0.6) is 0 Å². The number of hydrogen-bond donors (Lipinski definition) is 1. The molecule has 2 unspecified atom stereocenters. The molecule has 0 bridgehead atoms. The van der Waals surface area contributed by atoms with Crippen molar-refractivity contribution in [1.29, 1.82) is 0 Å². The molecule has 0 saturated heterocycles. The molecule has 6 nitrogen and oxygen atoms in total. The Labute approximate surface area is 194 Å². The van der Waals surface area contributed by atoms with Crippen LogP contribution in [0.1, 0.15) is 56.7 Å². The van der Waals surface area contributed by atoms with Crippen molar-refractivity contribution in [3.63, 3.8) is 0 Å². The Balaban J connectivity index is 1.78. The first-order valence-corrected chi connectivity index (χ1v) is 11.6. The molecule has 1 N–H and O–H groups in total. The number of rotatable bonds is 10. The van der Waals surface area contributed by atoms with E-state index in [2.05, 4.69) is 33.0 Å². The van der Waals surface area contributed by atoms with Gasteiger partial charge >= 0.3 is 0 Å². The van der Waals surface area contributed by atoms with Crippen molar-refractivity contribution in [2.75, 3.05) is 6.54 Å². The number of nitrogens with one attached hydrogen (secondary N) is 1. The largest absolute Gasteiger partial charge is 0.352 e. The van der Waals surface area contributed by atoms with Crippen molar-refractivity contribution in [1.82, 2.24) is 19.8 Å². The Kier molecular flexibility index (Phi) is 8.20. The van der Waals surface area contributed by atoms with Gasteiger partial charge in [-0.3, -0.25) is 9.59 Å². The summed E-state index contributed by atoms with van der Waals surface area (Å²) in [5, 5.41) is 2.86. The third-order valence-electron chi connectivity index (χ3n) is 6.19. The molecule has 33 heavy (non-hydrogen) atoms. The molecule has 2 amide bonds. The Hall–Kier alpha value is -3.22. The minimum Gasteiger partial charge on any atom is -0.352 e. The van der Waals surface area contributed by atoms with Crippen LogP contribution in [0.3, 0.4) is 0 Å². The zero-order valence-corrected chi connectivity index (χ0v) is 19.8. The zero-order chi connectivity index (χ0) is 24.0. The lowest BCUT2D eigenvalue weighted by Gasteiger charge is -2.34. The average molecular weight is 453 g/mol. The van der Waals surface area contributed by atoms with Gasteiger partial charge in [-0.1, -0.05) is 26.0 Å². The van der Waals surface area contributed by atoms with E-state index in [0.29, 0.717) is 18.5 Å². The Morgan fingerprint density at radius 3 is 2.30 bits per heavy atom. The van der Waals surface area contributed by atoms with Gasteiger partial charge in [-0.2, -0.15) is 0 Å². The summed E-state index contributed by atoms with van der Waals surface area (Å²) in [6.07, 6.45) is 2.26. The van der Waals surface area contributed by atoms with Crippen molar-refractivity contribution in [3.8, 4) is 0 Å². The van der Waals surface area contributed by atoms with Crippen LogP contribution in [-0.2, 0) is 17.8 Å². The summed E-state index contributed by atoms with van der Waals surface area (Å²) in [4.78, 5) is 32.5. The molecule has 2 aromatic carbocycles. The average Bonchev–Trinajstić information content (AvgIpc) is 3.16. The van der Waals surface area contributed by atoms with Crippen molar-refractivity contribution < 1.29 is 14.0 Å².